The molecule has 2 rings (SSSR count). The fourth-order valence-electron chi connectivity index (χ4n) is 1.90. The van der Waals surface area contributed by atoms with Gasteiger partial charge >= 0.3 is 0 Å². The van der Waals surface area contributed by atoms with E-state index in [0.29, 0.717) is 12.4 Å². The second kappa shape index (κ2) is 5.44. The highest BCUT2D eigenvalue weighted by Gasteiger charge is 2.16. The number of hydrogen-bond donors (Lipinski definition) is 1. The minimum Gasteiger partial charge on any atom is -0.358 e. The van der Waals surface area contributed by atoms with Crippen LogP contribution in [-0.4, -0.2) is 24.3 Å². The van der Waals surface area contributed by atoms with E-state index in [9.17, 15) is 4.79 Å². The Morgan fingerprint density at radius 2 is 2.10 bits per heavy atom. The predicted molar refractivity (Wildman–Crippen MR) is 76.5 cm³/mol. The van der Waals surface area contributed by atoms with Crippen molar-refractivity contribution in [1.29, 1.82) is 0 Å². The summed E-state index contributed by atoms with van der Waals surface area (Å²) in [6.45, 7) is 9.16. The van der Waals surface area contributed by atoms with Gasteiger partial charge in [-0.15, -0.1) is 10.2 Å². The van der Waals surface area contributed by atoms with E-state index in [1.807, 2.05) is 32.3 Å². The van der Waals surface area contributed by atoms with Crippen molar-refractivity contribution in [3.8, 4) is 0 Å². The molecule has 0 spiro atoms. The molecular formula is C13H20N6O. The van der Waals surface area contributed by atoms with Crippen molar-refractivity contribution in [3.05, 3.63) is 34.9 Å². The van der Waals surface area contributed by atoms with Crippen LogP contribution in [0.5, 0.6) is 0 Å². The summed E-state index contributed by atoms with van der Waals surface area (Å²) in [5, 5.41) is 10.9. The highest BCUT2D eigenvalue weighted by atomic mass is 16.1. The molecule has 0 radical (unpaired) electrons. The fraction of sp³-hybridized carbons (Fsp3) is 0.538. The topological polar surface area (TPSA) is 77.6 Å². The number of nitrogens with one attached hydrogen (secondary N) is 1. The molecule has 0 saturated carbocycles. The maximum absolute atomic E-state index is 12.3. The van der Waals surface area contributed by atoms with Crippen LogP contribution in [0, 0.1) is 0 Å². The standard InChI is InChI=1S/C13H20N6O/c1-5-18-9-16-17-10(18)8-15-11-12(20)19(7-6-14-11)13(2,3)4/h6-7,9H,5,8H2,1-4H3,(H,14,15). The zero-order chi connectivity index (χ0) is 14.8. The van der Waals surface area contributed by atoms with E-state index in [1.165, 1.54) is 0 Å². The van der Waals surface area contributed by atoms with Crippen LogP contribution < -0.4 is 10.9 Å². The van der Waals surface area contributed by atoms with Gasteiger partial charge in [-0.25, -0.2) is 4.98 Å². The molecule has 20 heavy (non-hydrogen) atoms. The van der Waals surface area contributed by atoms with Crippen LogP contribution in [0.3, 0.4) is 0 Å². The van der Waals surface area contributed by atoms with Gasteiger partial charge in [0.25, 0.3) is 5.56 Å². The van der Waals surface area contributed by atoms with Crippen molar-refractivity contribution in [2.24, 2.45) is 0 Å². The Bertz CT molecular complexity index is 637. The Morgan fingerprint density at radius 3 is 2.75 bits per heavy atom. The van der Waals surface area contributed by atoms with Crippen molar-refractivity contribution < 1.29 is 0 Å². The van der Waals surface area contributed by atoms with Crippen LogP contribution in [0.2, 0.25) is 0 Å². The molecule has 7 nitrogen and oxygen atoms in total. The molecule has 0 aromatic carbocycles. The molecule has 0 saturated heterocycles. The molecule has 0 atom stereocenters. The molecule has 0 fully saturated rings. The van der Waals surface area contributed by atoms with E-state index in [0.717, 1.165) is 12.4 Å². The third kappa shape index (κ3) is 2.87. The van der Waals surface area contributed by atoms with Gasteiger partial charge in [-0.2, -0.15) is 0 Å². The van der Waals surface area contributed by atoms with E-state index < -0.39 is 0 Å². The average molecular weight is 276 g/mol. The number of nitrogens with zero attached hydrogens (tertiary/aromatic N) is 5. The third-order valence-corrected chi connectivity index (χ3v) is 3.01. The van der Waals surface area contributed by atoms with Crippen molar-refractivity contribution in [2.45, 2.75) is 46.3 Å². The number of anilines is 1. The highest BCUT2D eigenvalue weighted by Crippen LogP contribution is 2.11. The third-order valence-electron chi connectivity index (χ3n) is 3.01. The van der Waals surface area contributed by atoms with Crippen LogP contribution in [0.15, 0.2) is 23.5 Å². The monoisotopic (exact) mass is 276 g/mol. The maximum atomic E-state index is 12.3. The van der Waals surface area contributed by atoms with Gasteiger partial charge in [0, 0.05) is 24.5 Å². The zero-order valence-corrected chi connectivity index (χ0v) is 12.3. The summed E-state index contributed by atoms with van der Waals surface area (Å²) in [5.74, 6) is 1.10. The van der Waals surface area contributed by atoms with Crippen molar-refractivity contribution in [1.82, 2.24) is 24.3 Å². The van der Waals surface area contributed by atoms with Crippen LogP contribution in [0.25, 0.3) is 0 Å². The summed E-state index contributed by atoms with van der Waals surface area (Å²) in [5.41, 5.74) is -0.414. The summed E-state index contributed by atoms with van der Waals surface area (Å²) in [7, 11) is 0. The summed E-state index contributed by atoms with van der Waals surface area (Å²) < 4.78 is 3.57. The zero-order valence-electron chi connectivity index (χ0n) is 12.3. The molecule has 108 valence electrons. The van der Waals surface area contributed by atoms with E-state index in [-0.39, 0.29) is 11.1 Å². The second-order valence-electron chi connectivity index (χ2n) is 5.51. The van der Waals surface area contributed by atoms with Crippen molar-refractivity contribution in [2.75, 3.05) is 5.32 Å². The summed E-state index contributed by atoms with van der Waals surface area (Å²) in [4.78, 5) is 16.4. The minimum atomic E-state index is -0.278. The van der Waals surface area contributed by atoms with E-state index >= 15 is 0 Å². The van der Waals surface area contributed by atoms with Gasteiger partial charge in [-0.1, -0.05) is 0 Å². The Kier molecular flexibility index (Phi) is 3.87. The molecule has 0 bridgehead atoms. The largest absolute Gasteiger partial charge is 0.358 e. The second-order valence-corrected chi connectivity index (χ2v) is 5.51. The first-order valence-electron chi connectivity index (χ1n) is 6.62. The molecular weight excluding hydrogens is 256 g/mol. The van der Waals surface area contributed by atoms with E-state index in [4.69, 9.17) is 0 Å². The molecule has 2 aromatic rings. The van der Waals surface area contributed by atoms with Crippen molar-refractivity contribution in [3.63, 3.8) is 0 Å². The lowest BCUT2D eigenvalue weighted by Crippen LogP contribution is -2.35. The van der Waals surface area contributed by atoms with Gasteiger partial charge in [-0.3, -0.25) is 4.79 Å². The number of aromatic nitrogens is 5. The number of rotatable bonds is 4. The Labute approximate surface area is 117 Å². The Balaban J connectivity index is 2.21. The van der Waals surface area contributed by atoms with Gasteiger partial charge in [-0.05, 0) is 27.7 Å². The lowest BCUT2D eigenvalue weighted by atomic mass is 10.1. The van der Waals surface area contributed by atoms with E-state index in [1.54, 1.807) is 23.3 Å². The summed E-state index contributed by atoms with van der Waals surface area (Å²) in [6, 6.07) is 0. The molecule has 0 aliphatic heterocycles. The highest BCUT2D eigenvalue weighted by molar-refractivity contribution is 5.31. The maximum Gasteiger partial charge on any atom is 0.293 e. The van der Waals surface area contributed by atoms with Gasteiger partial charge in [0.15, 0.2) is 11.6 Å². The molecule has 7 heteroatoms. The first kappa shape index (κ1) is 14.2. The lowest BCUT2D eigenvalue weighted by Gasteiger charge is -2.22. The summed E-state index contributed by atoms with van der Waals surface area (Å²) in [6.07, 6.45) is 4.99. The van der Waals surface area contributed by atoms with Gasteiger partial charge in [0.1, 0.15) is 6.33 Å². The quantitative estimate of drug-likeness (QED) is 0.908. The molecule has 2 aromatic heterocycles. The van der Waals surface area contributed by atoms with Gasteiger partial charge < -0.3 is 14.5 Å². The van der Waals surface area contributed by atoms with Crippen LogP contribution in [0.1, 0.15) is 33.5 Å². The SMILES string of the molecule is CCn1cnnc1CNc1nccn(C(C)(C)C)c1=O. The lowest BCUT2D eigenvalue weighted by molar-refractivity contribution is 0.383. The van der Waals surface area contributed by atoms with Crippen LogP contribution in [-0.2, 0) is 18.6 Å². The smallest absolute Gasteiger partial charge is 0.293 e. The molecule has 2 heterocycles. The number of aryl methyl sites for hydroxylation is 1. The normalized spacial score (nSPS) is 11.6. The summed E-state index contributed by atoms with van der Waals surface area (Å²) >= 11 is 0. The van der Waals surface area contributed by atoms with Gasteiger partial charge in [0.2, 0.25) is 0 Å². The predicted octanol–water partition coefficient (Wildman–Crippen LogP) is 1.22. The molecule has 1 N–H and O–H groups in total. The van der Waals surface area contributed by atoms with E-state index in [2.05, 4.69) is 20.5 Å². The van der Waals surface area contributed by atoms with Crippen LogP contribution >= 0.6 is 0 Å². The van der Waals surface area contributed by atoms with Crippen LogP contribution in [0.4, 0.5) is 5.82 Å². The minimum absolute atomic E-state index is 0.137. The first-order chi connectivity index (χ1) is 9.43. The molecule has 0 unspecified atom stereocenters. The first-order valence-corrected chi connectivity index (χ1v) is 6.62. The fourth-order valence-corrected chi connectivity index (χ4v) is 1.90. The Hall–Kier alpha value is -2.18. The van der Waals surface area contributed by atoms with Crippen molar-refractivity contribution >= 4 is 5.82 Å². The van der Waals surface area contributed by atoms with Gasteiger partial charge in [0.05, 0.1) is 6.54 Å². The average Bonchev–Trinajstić information content (AvgIpc) is 2.83. The molecule has 0 amide bonds. The Morgan fingerprint density at radius 1 is 1.35 bits per heavy atom. The number of hydrogen-bond acceptors (Lipinski definition) is 5. The molecule has 0 aliphatic rings. The molecule has 0 aliphatic carbocycles.